The van der Waals surface area contributed by atoms with Crippen molar-refractivity contribution in [3.8, 4) is 0 Å². The number of urea groups is 1. The van der Waals surface area contributed by atoms with Gasteiger partial charge in [-0.1, -0.05) is 18.5 Å². The highest BCUT2D eigenvalue weighted by Gasteiger charge is 2.21. The third-order valence-electron chi connectivity index (χ3n) is 3.34. The zero-order chi connectivity index (χ0) is 14.7. The van der Waals surface area contributed by atoms with Gasteiger partial charge in [0.05, 0.1) is 4.92 Å². The molecule has 0 radical (unpaired) electrons. The maximum absolute atomic E-state index is 12.1. The molecule has 1 saturated heterocycles. The number of anilines is 1. The van der Waals surface area contributed by atoms with Crippen molar-refractivity contribution < 1.29 is 9.72 Å². The Balaban J connectivity index is 2.07. The Bertz CT molecular complexity index is 536. The molecule has 1 fully saturated rings. The number of rotatable bonds is 2. The minimum atomic E-state index is -0.568. The molecule has 0 spiro atoms. The monoisotopic (exact) mass is 297 g/mol. The normalized spacial score (nSPS) is 18.7. The van der Waals surface area contributed by atoms with E-state index >= 15 is 0 Å². The standard InChI is InChI=1S/C13H16ClN3O3/c1-9-3-2-6-16(8-9)13(18)15-10-4-5-11(14)12(7-10)17(19)20/h4-5,7,9H,2-3,6,8H2,1H3,(H,15,18). The molecule has 0 aromatic heterocycles. The number of benzene rings is 1. The van der Waals surface area contributed by atoms with Gasteiger partial charge in [-0.25, -0.2) is 4.79 Å². The van der Waals surface area contributed by atoms with Crippen LogP contribution < -0.4 is 5.32 Å². The van der Waals surface area contributed by atoms with E-state index in [9.17, 15) is 14.9 Å². The van der Waals surface area contributed by atoms with Gasteiger partial charge in [-0.15, -0.1) is 0 Å². The first-order valence-electron chi connectivity index (χ1n) is 6.47. The lowest BCUT2D eigenvalue weighted by Gasteiger charge is -2.30. The fourth-order valence-corrected chi connectivity index (χ4v) is 2.49. The molecule has 1 aromatic rings. The van der Waals surface area contributed by atoms with Crippen LogP contribution in [0.3, 0.4) is 0 Å². The van der Waals surface area contributed by atoms with Gasteiger partial charge < -0.3 is 10.2 Å². The zero-order valence-electron chi connectivity index (χ0n) is 11.1. The van der Waals surface area contributed by atoms with Gasteiger partial charge in [-0.3, -0.25) is 10.1 Å². The first kappa shape index (κ1) is 14.6. The van der Waals surface area contributed by atoms with E-state index in [4.69, 9.17) is 11.6 Å². The predicted octanol–water partition coefficient (Wildman–Crippen LogP) is 3.51. The summed E-state index contributed by atoms with van der Waals surface area (Å²) >= 11 is 5.73. The molecule has 0 aliphatic carbocycles. The average molecular weight is 298 g/mol. The molecule has 20 heavy (non-hydrogen) atoms. The van der Waals surface area contributed by atoms with Crippen molar-refractivity contribution in [3.63, 3.8) is 0 Å². The van der Waals surface area contributed by atoms with E-state index in [1.807, 2.05) is 0 Å². The van der Waals surface area contributed by atoms with E-state index in [0.29, 0.717) is 24.7 Å². The number of nitrogens with zero attached hydrogens (tertiary/aromatic N) is 2. The number of amides is 2. The Morgan fingerprint density at radius 3 is 2.95 bits per heavy atom. The van der Waals surface area contributed by atoms with E-state index in [2.05, 4.69) is 12.2 Å². The van der Waals surface area contributed by atoms with Crippen LogP contribution >= 0.6 is 11.6 Å². The third-order valence-corrected chi connectivity index (χ3v) is 3.66. The second kappa shape index (κ2) is 6.09. The van der Waals surface area contributed by atoms with Gasteiger partial charge in [0.15, 0.2) is 0 Å². The van der Waals surface area contributed by atoms with Gasteiger partial charge in [0.25, 0.3) is 5.69 Å². The predicted molar refractivity (Wildman–Crippen MR) is 77.1 cm³/mol. The topological polar surface area (TPSA) is 75.5 Å². The Hall–Kier alpha value is -1.82. The first-order chi connectivity index (χ1) is 9.47. The lowest BCUT2D eigenvalue weighted by atomic mass is 10.0. The minimum absolute atomic E-state index is 0.0552. The van der Waals surface area contributed by atoms with Crippen molar-refractivity contribution in [2.24, 2.45) is 5.92 Å². The summed E-state index contributed by atoms with van der Waals surface area (Å²) in [5.74, 6) is 0.481. The lowest BCUT2D eigenvalue weighted by Crippen LogP contribution is -2.41. The lowest BCUT2D eigenvalue weighted by molar-refractivity contribution is -0.384. The molecule has 1 aliphatic rings. The molecule has 1 aromatic carbocycles. The van der Waals surface area contributed by atoms with Crippen LogP contribution in [0.5, 0.6) is 0 Å². The Morgan fingerprint density at radius 2 is 2.30 bits per heavy atom. The fraction of sp³-hybridized carbons (Fsp3) is 0.462. The first-order valence-corrected chi connectivity index (χ1v) is 6.85. The number of hydrogen-bond donors (Lipinski definition) is 1. The van der Waals surface area contributed by atoms with Crippen LogP contribution in [0.25, 0.3) is 0 Å². The number of carbonyl (C=O) groups is 1. The average Bonchev–Trinajstić information content (AvgIpc) is 2.40. The molecule has 0 bridgehead atoms. The van der Waals surface area contributed by atoms with E-state index in [1.54, 1.807) is 11.0 Å². The molecule has 6 nitrogen and oxygen atoms in total. The molecule has 1 aliphatic heterocycles. The van der Waals surface area contributed by atoms with Crippen LogP contribution in [0.15, 0.2) is 18.2 Å². The van der Waals surface area contributed by atoms with Crippen LogP contribution in [-0.4, -0.2) is 28.9 Å². The van der Waals surface area contributed by atoms with Gasteiger partial charge >= 0.3 is 6.03 Å². The molecule has 1 heterocycles. The Kier molecular flexibility index (Phi) is 4.44. The van der Waals surface area contributed by atoms with Crippen molar-refractivity contribution in [2.75, 3.05) is 18.4 Å². The van der Waals surface area contributed by atoms with Crippen LogP contribution in [0, 0.1) is 16.0 Å². The second-order valence-electron chi connectivity index (χ2n) is 5.05. The van der Waals surface area contributed by atoms with Crippen molar-refractivity contribution in [1.29, 1.82) is 0 Å². The van der Waals surface area contributed by atoms with E-state index in [0.717, 1.165) is 12.8 Å². The summed E-state index contributed by atoms with van der Waals surface area (Å²) in [5, 5.41) is 13.5. The molecule has 108 valence electrons. The highest BCUT2D eigenvalue weighted by Crippen LogP contribution is 2.27. The molecule has 2 amide bonds. The summed E-state index contributed by atoms with van der Waals surface area (Å²) in [4.78, 5) is 24.1. The molecule has 1 unspecified atom stereocenters. The van der Waals surface area contributed by atoms with Crippen LogP contribution in [0.1, 0.15) is 19.8 Å². The summed E-state index contributed by atoms with van der Waals surface area (Å²) in [6.07, 6.45) is 2.10. The third kappa shape index (κ3) is 3.39. The molecule has 7 heteroatoms. The molecule has 2 rings (SSSR count). The highest BCUT2D eigenvalue weighted by molar-refractivity contribution is 6.32. The van der Waals surface area contributed by atoms with Crippen molar-refractivity contribution >= 4 is 29.0 Å². The summed E-state index contributed by atoms with van der Waals surface area (Å²) < 4.78 is 0. The molecular weight excluding hydrogens is 282 g/mol. The number of nitro benzene ring substituents is 1. The molecule has 1 N–H and O–H groups in total. The van der Waals surface area contributed by atoms with E-state index in [-0.39, 0.29) is 16.7 Å². The van der Waals surface area contributed by atoms with Crippen LogP contribution in [-0.2, 0) is 0 Å². The van der Waals surface area contributed by atoms with E-state index < -0.39 is 4.92 Å². The second-order valence-corrected chi connectivity index (χ2v) is 5.45. The highest BCUT2D eigenvalue weighted by atomic mass is 35.5. The maximum atomic E-state index is 12.1. The van der Waals surface area contributed by atoms with Crippen molar-refractivity contribution in [2.45, 2.75) is 19.8 Å². The largest absolute Gasteiger partial charge is 0.324 e. The SMILES string of the molecule is CC1CCCN(C(=O)Nc2ccc(Cl)c([N+](=O)[O-])c2)C1. The quantitative estimate of drug-likeness (QED) is 0.670. The number of halogens is 1. The summed E-state index contributed by atoms with van der Waals surface area (Å²) in [6.45, 7) is 3.53. The van der Waals surface area contributed by atoms with E-state index in [1.165, 1.54) is 12.1 Å². The molecule has 0 saturated carbocycles. The number of likely N-dealkylation sites (tertiary alicyclic amines) is 1. The number of nitrogens with one attached hydrogen (secondary N) is 1. The van der Waals surface area contributed by atoms with Crippen LogP contribution in [0.4, 0.5) is 16.2 Å². The minimum Gasteiger partial charge on any atom is -0.324 e. The zero-order valence-corrected chi connectivity index (χ0v) is 11.9. The number of nitro groups is 1. The smallest absolute Gasteiger partial charge is 0.321 e. The molecule has 1 atom stereocenters. The number of carbonyl (C=O) groups excluding carboxylic acids is 1. The molecular formula is C13H16ClN3O3. The summed E-state index contributed by atoms with van der Waals surface area (Å²) in [7, 11) is 0. The van der Waals surface area contributed by atoms with Crippen LogP contribution in [0.2, 0.25) is 5.02 Å². The van der Waals surface area contributed by atoms with Gasteiger partial charge in [0.2, 0.25) is 0 Å². The summed E-state index contributed by atoms with van der Waals surface area (Å²) in [6, 6.07) is 4.01. The maximum Gasteiger partial charge on any atom is 0.321 e. The number of piperidine rings is 1. The van der Waals surface area contributed by atoms with Gasteiger partial charge in [-0.05, 0) is 30.9 Å². The Morgan fingerprint density at radius 1 is 1.55 bits per heavy atom. The summed E-state index contributed by atoms with van der Waals surface area (Å²) in [5.41, 5.74) is 0.167. The van der Waals surface area contributed by atoms with Crippen molar-refractivity contribution in [1.82, 2.24) is 4.90 Å². The fourth-order valence-electron chi connectivity index (χ4n) is 2.31. The van der Waals surface area contributed by atoms with Crippen molar-refractivity contribution in [3.05, 3.63) is 33.3 Å². The number of hydrogen-bond acceptors (Lipinski definition) is 3. The van der Waals surface area contributed by atoms with Gasteiger partial charge in [-0.2, -0.15) is 0 Å². The van der Waals surface area contributed by atoms with Gasteiger partial charge in [0, 0.05) is 24.8 Å². The Labute approximate surface area is 121 Å². The van der Waals surface area contributed by atoms with Gasteiger partial charge in [0.1, 0.15) is 5.02 Å².